The molecule has 0 spiro atoms. The van der Waals surface area contributed by atoms with E-state index in [0.29, 0.717) is 13.1 Å². The number of amides is 2. The van der Waals surface area contributed by atoms with E-state index >= 15 is 0 Å². The number of nitrogens with one attached hydrogen (secondary N) is 2. The van der Waals surface area contributed by atoms with Crippen LogP contribution in [0, 0.1) is 6.92 Å². The summed E-state index contributed by atoms with van der Waals surface area (Å²) in [6.45, 7) is 2.98. The van der Waals surface area contributed by atoms with Crippen LogP contribution in [0.15, 0.2) is 48.5 Å². The molecule has 130 valence electrons. The normalized spacial score (nSPS) is 10.8. The Kier molecular flexibility index (Phi) is 4.93. The van der Waals surface area contributed by atoms with Crippen molar-refractivity contribution in [1.29, 1.82) is 0 Å². The fourth-order valence-electron chi connectivity index (χ4n) is 3.06. The first-order valence-corrected chi connectivity index (χ1v) is 8.38. The van der Waals surface area contributed by atoms with Gasteiger partial charge in [-0.3, -0.25) is 0 Å². The first kappa shape index (κ1) is 16.9. The Morgan fingerprint density at radius 2 is 1.88 bits per heavy atom. The molecule has 0 saturated carbocycles. The van der Waals surface area contributed by atoms with Crippen LogP contribution < -0.4 is 5.32 Å². The molecule has 0 fully saturated rings. The molecule has 0 bridgehead atoms. The lowest BCUT2D eigenvalue weighted by atomic mass is 10.1. The molecule has 3 N–H and O–H groups in total. The zero-order valence-corrected chi connectivity index (χ0v) is 14.5. The standard InChI is InChI=1S/C20H23N3O2/c1-14-16(17-8-4-5-9-18(17)22-14)11-12-21-20(25)23(2)13-15-7-3-6-10-19(15)24/h3-10,22,24H,11-13H2,1-2H3,(H,21,25). The highest BCUT2D eigenvalue weighted by Crippen LogP contribution is 2.22. The number of aromatic nitrogens is 1. The van der Waals surface area contributed by atoms with E-state index in [1.54, 1.807) is 24.1 Å². The number of rotatable bonds is 5. The molecule has 3 rings (SSSR count). The summed E-state index contributed by atoms with van der Waals surface area (Å²) in [5.74, 6) is 0.205. The molecule has 0 aliphatic heterocycles. The van der Waals surface area contributed by atoms with Gasteiger partial charge in [0.05, 0.1) is 6.54 Å². The van der Waals surface area contributed by atoms with Crippen molar-refractivity contribution in [2.24, 2.45) is 0 Å². The molecule has 0 aliphatic carbocycles. The summed E-state index contributed by atoms with van der Waals surface area (Å²) in [4.78, 5) is 17.2. The highest BCUT2D eigenvalue weighted by molar-refractivity contribution is 5.84. The fraction of sp³-hybridized carbons (Fsp3) is 0.250. The summed E-state index contributed by atoms with van der Waals surface area (Å²) < 4.78 is 0. The van der Waals surface area contributed by atoms with Gasteiger partial charge in [-0.05, 0) is 31.0 Å². The van der Waals surface area contributed by atoms with E-state index in [2.05, 4.69) is 29.4 Å². The summed E-state index contributed by atoms with van der Waals surface area (Å²) in [6, 6.07) is 15.1. The lowest BCUT2D eigenvalue weighted by molar-refractivity contribution is 0.206. The van der Waals surface area contributed by atoms with Crippen molar-refractivity contribution in [2.45, 2.75) is 19.9 Å². The summed E-state index contributed by atoms with van der Waals surface area (Å²) in [7, 11) is 1.72. The van der Waals surface area contributed by atoms with Gasteiger partial charge in [-0.1, -0.05) is 36.4 Å². The molecule has 1 aromatic heterocycles. The van der Waals surface area contributed by atoms with Crippen LogP contribution in [0.25, 0.3) is 10.9 Å². The Hall–Kier alpha value is -2.95. The molecule has 0 aliphatic rings. The van der Waals surface area contributed by atoms with Crippen LogP contribution in [0.2, 0.25) is 0 Å². The smallest absolute Gasteiger partial charge is 0.317 e. The van der Waals surface area contributed by atoms with Crippen molar-refractivity contribution in [2.75, 3.05) is 13.6 Å². The average Bonchev–Trinajstić information content (AvgIpc) is 2.92. The largest absolute Gasteiger partial charge is 0.508 e. The van der Waals surface area contributed by atoms with E-state index in [9.17, 15) is 9.90 Å². The SMILES string of the molecule is Cc1[nH]c2ccccc2c1CCNC(=O)N(C)Cc1ccccc1O. The van der Waals surface area contributed by atoms with Gasteiger partial charge in [-0.15, -0.1) is 0 Å². The van der Waals surface area contributed by atoms with Crippen molar-refractivity contribution >= 4 is 16.9 Å². The number of benzene rings is 2. The molecule has 0 saturated heterocycles. The molecule has 0 radical (unpaired) electrons. The minimum atomic E-state index is -0.152. The summed E-state index contributed by atoms with van der Waals surface area (Å²) in [6.07, 6.45) is 0.770. The Balaban J connectivity index is 1.57. The number of H-pyrrole nitrogens is 1. The maximum absolute atomic E-state index is 12.3. The first-order chi connectivity index (χ1) is 12.1. The minimum Gasteiger partial charge on any atom is -0.508 e. The number of hydrogen-bond donors (Lipinski definition) is 3. The number of aromatic amines is 1. The Morgan fingerprint density at radius 1 is 1.16 bits per heavy atom. The van der Waals surface area contributed by atoms with Crippen LogP contribution in [0.1, 0.15) is 16.8 Å². The van der Waals surface area contributed by atoms with Gasteiger partial charge in [0.1, 0.15) is 5.75 Å². The summed E-state index contributed by atoms with van der Waals surface area (Å²) in [5.41, 5.74) is 4.22. The van der Waals surface area contributed by atoms with Gasteiger partial charge < -0.3 is 20.3 Å². The second-order valence-electron chi connectivity index (χ2n) is 6.24. The Labute approximate surface area is 147 Å². The molecule has 2 amide bonds. The molecule has 0 unspecified atom stereocenters. The number of hydrogen-bond acceptors (Lipinski definition) is 2. The van der Waals surface area contributed by atoms with Crippen LogP contribution >= 0.6 is 0 Å². The number of phenolic OH excluding ortho intramolecular Hbond substituents is 1. The van der Waals surface area contributed by atoms with Crippen molar-refractivity contribution in [3.63, 3.8) is 0 Å². The molecule has 0 atom stereocenters. The lowest BCUT2D eigenvalue weighted by Crippen LogP contribution is -2.37. The minimum absolute atomic E-state index is 0.152. The van der Waals surface area contributed by atoms with Crippen molar-refractivity contribution in [3.8, 4) is 5.75 Å². The number of carbonyl (C=O) groups excluding carboxylic acids is 1. The van der Waals surface area contributed by atoms with Gasteiger partial charge in [-0.25, -0.2) is 4.79 Å². The molecule has 2 aromatic carbocycles. The third kappa shape index (κ3) is 3.76. The van der Waals surface area contributed by atoms with Gasteiger partial charge in [-0.2, -0.15) is 0 Å². The highest BCUT2D eigenvalue weighted by Gasteiger charge is 2.12. The van der Waals surface area contributed by atoms with E-state index in [1.807, 2.05) is 24.3 Å². The van der Waals surface area contributed by atoms with Gasteiger partial charge in [0.25, 0.3) is 0 Å². The van der Waals surface area contributed by atoms with Gasteiger partial charge in [0.15, 0.2) is 0 Å². The number of phenols is 1. The van der Waals surface area contributed by atoms with Crippen LogP contribution in [-0.2, 0) is 13.0 Å². The van der Waals surface area contributed by atoms with Crippen LogP contribution in [0.3, 0.4) is 0 Å². The third-order valence-electron chi connectivity index (χ3n) is 4.42. The number of aromatic hydroxyl groups is 1. The van der Waals surface area contributed by atoms with Crippen LogP contribution in [-0.4, -0.2) is 34.6 Å². The maximum Gasteiger partial charge on any atom is 0.317 e. The number of carbonyl (C=O) groups is 1. The molecule has 3 aromatic rings. The zero-order chi connectivity index (χ0) is 17.8. The number of urea groups is 1. The Bertz CT molecular complexity index is 886. The van der Waals surface area contributed by atoms with Crippen LogP contribution in [0.5, 0.6) is 5.75 Å². The number of nitrogens with zero attached hydrogens (tertiary/aromatic N) is 1. The first-order valence-electron chi connectivity index (χ1n) is 8.38. The molecule has 5 heteroatoms. The highest BCUT2D eigenvalue weighted by atomic mass is 16.3. The van der Waals surface area contributed by atoms with E-state index in [-0.39, 0.29) is 11.8 Å². The number of fused-ring (bicyclic) bond motifs is 1. The molecule has 25 heavy (non-hydrogen) atoms. The van der Waals surface area contributed by atoms with E-state index < -0.39 is 0 Å². The summed E-state index contributed by atoms with van der Waals surface area (Å²) in [5, 5.41) is 14.0. The molecule has 5 nitrogen and oxygen atoms in total. The van der Waals surface area contributed by atoms with Crippen molar-refractivity contribution in [1.82, 2.24) is 15.2 Å². The van der Waals surface area contributed by atoms with Gasteiger partial charge >= 0.3 is 6.03 Å². The molecule has 1 heterocycles. The van der Waals surface area contributed by atoms with Crippen molar-refractivity contribution < 1.29 is 9.90 Å². The second kappa shape index (κ2) is 7.30. The number of para-hydroxylation sites is 2. The Morgan fingerprint density at radius 3 is 2.68 bits per heavy atom. The predicted molar refractivity (Wildman–Crippen MR) is 99.7 cm³/mol. The maximum atomic E-state index is 12.3. The van der Waals surface area contributed by atoms with E-state index in [0.717, 1.165) is 23.2 Å². The van der Waals surface area contributed by atoms with Crippen LogP contribution in [0.4, 0.5) is 4.79 Å². The summed E-state index contributed by atoms with van der Waals surface area (Å²) >= 11 is 0. The average molecular weight is 337 g/mol. The second-order valence-corrected chi connectivity index (χ2v) is 6.24. The van der Waals surface area contributed by atoms with Gasteiger partial charge in [0, 0.05) is 35.8 Å². The molecular formula is C20H23N3O2. The van der Waals surface area contributed by atoms with Gasteiger partial charge in [0.2, 0.25) is 0 Å². The zero-order valence-electron chi connectivity index (χ0n) is 14.5. The third-order valence-corrected chi connectivity index (χ3v) is 4.42. The predicted octanol–water partition coefficient (Wildman–Crippen LogP) is 3.57. The van der Waals surface area contributed by atoms with E-state index in [4.69, 9.17) is 0 Å². The van der Waals surface area contributed by atoms with Crippen molar-refractivity contribution in [3.05, 3.63) is 65.4 Å². The topological polar surface area (TPSA) is 68.4 Å². The monoisotopic (exact) mass is 337 g/mol. The lowest BCUT2D eigenvalue weighted by Gasteiger charge is -2.18. The molecular weight excluding hydrogens is 314 g/mol. The fourth-order valence-corrected chi connectivity index (χ4v) is 3.06. The number of aryl methyl sites for hydroxylation is 1. The quantitative estimate of drug-likeness (QED) is 0.666. The van der Waals surface area contributed by atoms with E-state index in [1.165, 1.54) is 10.9 Å².